The van der Waals surface area contributed by atoms with E-state index in [2.05, 4.69) is 21.1 Å². The fourth-order valence-electron chi connectivity index (χ4n) is 3.36. The van der Waals surface area contributed by atoms with E-state index in [0.717, 1.165) is 0 Å². The Bertz CT molecular complexity index is 1490. The third kappa shape index (κ3) is 7.11. The summed E-state index contributed by atoms with van der Waals surface area (Å²) in [5, 5.41) is 14.8. The summed E-state index contributed by atoms with van der Waals surface area (Å²) in [6.45, 7) is 6.01. The summed E-state index contributed by atoms with van der Waals surface area (Å²) in [6, 6.07) is 11.3. The van der Waals surface area contributed by atoms with Crippen LogP contribution in [0.25, 0.3) is 10.9 Å². The minimum Gasteiger partial charge on any atom is -0.456 e. The topological polar surface area (TPSA) is 136 Å². The van der Waals surface area contributed by atoms with Gasteiger partial charge in [0, 0.05) is 45.8 Å². The van der Waals surface area contributed by atoms with Gasteiger partial charge >= 0.3 is 0 Å². The van der Waals surface area contributed by atoms with Crippen LogP contribution in [0.2, 0.25) is 0 Å². The SMILES string of the molecule is CS(=O)c1ccc2nccc(Oc3ccc(CC(=O)Nc4cnn(C(C)(C)C)c4)c(F)c3)c2c1.N#CN. The van der Waals surface area contributed by atoms with Crippen molar-refractivity contribution < 1.29 is 18.1 Å². The van der Waals surface area contributed by atoms with Crippen molar-refractivity contribution in [2.24, 2.45) is 5.73 Å². The van der Waals surface area contributed by atoms with Crippen LogP contribution >= 0.6 is 0 Å². The number of hydrogen-bond acceptors (Lipinski definition) is 7. The van der Waals surface area contributed by atoms with Crippen LogP contribution in [0.15, 0.2) is 66.0 Å². The normalized spacial score (nSPS) is 11.7. The molecular formula is C26H27FN6O3S. The highest BCUT2D eigenvalue weighted by atomic mass is 32.2. The number of ether oxygens (including phenoxy) is 1. The lowest BCUT2D eigenvalue weighted by Gasteiger charge is -2.18. The van der Waals surface area contributed by atoms with E-state index in [0.29, 0.717) is 27.2 Å². The van der Waals surface area contributed by atoms with Crippen LogP contribution < -0.4 is 15.8 Å². The highest BCUT2D eigenvalue weighted by molar-refractivity contribution is 7.84. The zero-order valence-electron chi connectivity index (χ0n) is 20.9. The van der Waals surface area contributed by atoms with Gasteiger partial charge in [-0.1, -0.05) is 6.07 Å². The van der Waals surface area contributed by atoms with Gasteiger partial charge < -0.3 is 15.8 Å². The number of nitrogens with one attached hydrogen (secondary N) is 1. The Morgan fingerprint density at radius 1 is 1.24 bits per heavy atom. The maximum Gasteiger partial charge on any atom is 0.228 e. The molecule has 0 fully saturated rings. The molecule has 2 aromatic heterocycles. The Balaban J connectivity index is 0.00000121. The highest BCUT2D eigenvalue weighted by Crippen LogP contribution is 2.31. The molecule has 11 heteroatoms. The van der Waals surface area contributed by atoms with Crippen molar-refractivity contribution in [3.05, 3.63) is 72.4 Å². The minimum atomic E-state index is -1.16. The smallest absolute Gasteiger partial charge is 0.228 e. The molecule has 4 aromatic rings. The number of rotatable bonds is 6. The molecule has 0 aliphatic carbocycles. The number of anilines is 1. The number of carbonyl (C=O) groups is 1. The van der Waals surface area contributed by atoms with Gasteiger partial charge in [0.15, 0.2) is 6.19 Å². The van der Waals surface area contributed by atoms with Gasteiger partial charge in [0.05, 0.1) is 29.4 Å². The zero-order chi connectivity index (χ0) is 27.2. The second kappa shape index (κ2) is 11.6. The first-order valence-corrected chi connectivity index (χ1v) is 12.7. The predicted molar refractivity (Wildman–Crippen MR) is 140 cm³/mol. The van der Waals surface area contributed by atoms with E-state index >= 15 is 0 Å². The molecule has 0 radical (unpaired) electrons. The van der Waals surface area contributed by atoms with Crippen LogP contribution in [-0.4, -0.2) is 31.1 Å². The number of pyridine rings is 1. The van der Waals surface area contributed by atoms with Gasteiger partial charge in [-0.3, -0.25) is 18.7 Å². The lowest BCUT2D eigenvalue weighted by molar-refractivity contribution is -0.115. The molecular weight excluding hydrogens is 495 g/mol. The van der Waals surface area contributed by atoms with Crippen LogP contribution in [0.3, 0.4) is 0 Å². The van der Waals surface area contributed by atoms with Crippen molar-refractivity contribution in [2.75, 3.05) is 11.6 Å². The van der Waals surface area contributed by atoms with Gasteiger partial charge in [0.2, 0.25) is 5.91 Å². The van der Waals surface area contributed by atoms with E-state index < -0.39 is 16.6 Å². The van der Waals surface area contributed by atoms with Crippen molar-refractivity contribution in [3.63, 3.8) is 0 Å². The average molecular weight is 523 g/mol. The standard InChI is InChI=1S/C25H25FN4O3S.CH2N2/c1-25(2,3)30-15-17(14-28-30)29-24(31)11-16-5-6-18(12-21(16)26)33-23-9-10-27-22-8-7-19(34(4)32)13-20(22)23;2-1-3/h5-10,12-15H,11H2,1-4H3,(H,29,31);2H2. The number of fused-ring (bicyclic) bond motifs is 1. The molecule has 4 rings (SSSR count). The Labute approximate surface area is 216 Å². The Morgan fingerprint density at radius 2 is 1.97 bits per heavy atom. The summed E-state index contributed by atoms with van der Waals surface area (Å²) < 4.78 is 34.3. The number of carbonyl (C=O) groups excluding carboxylic acids is 1. The fraction of sp³-hybridized carbons (Fsp3) is 0.231. The van der Waals surface area contributed by atoms with E-state index in [4.69, 9.17) is 10.00 Å². The lowest BCUT2D eigenvalue weighted by atomic mass is 10.1. The van der Waals surface area contributed by atoms with E-state index in [1.165, 1.54) is 18.3 Å². The monoisotopic (exact) mass is 522 g/mol. The molecule has 0 aliphatic heterocycles. The first-order valence-electron chi connectivity index (χ1n) is 11.1. The number of amides is 1. The summed E-state index contributed by atoms with van der Waals surface area (Å²) in [5.74, 6) is -0.144. The fourth-order valence-corrected chi connectivity index (χ4v) is 3.91. The number of nitrogens with zero attached hydrogens (tertiary/aromatic N) is 4. The number of halogens is 1. The molecule has 0 saturated carbocycles. The molecule has 37 heavy (non-hydrogen) atoms. The van der Waals surface area contributed by atoms with Gasteiger partial charge in [0.1, 0.15) is 17.3 Å². The van der Waals surface area contributed by atoms with Crippen molar-refractivity contribution >= 4 is 33.3 Å². The van der Waals surface area contributed by atoms with Crippen molar-refractivity contribution in [1.29, 1.82) is 5.26 Å². The van der Waals surface area contributed by atoms with Gasteiger partial charge in [-0.15, -0.1) is 0 Å². The molecule has 2 heterocycles. The molecule has 0 spiro atoms. The number of benzene rings is 2. The lowest BCUT2D eigenvalue weighted by Crippen LogP contribution is -2.22. The Hall–Kier alpha value is -4.30. The molecule has 0 bridgehead atoms. The average Bonchev–Trinajstić information content (AvgIpc) is 3.30. The maximum atomic E-state index is 14.8. The van der Waals surface area contributed by atoms with Crippen LogP contribution in [0, 0.1) is 17.3 Å². The van der Waals surface area contributed by atoms with E-state index in [1.54, 1.807) is 59.9 Å². The van der Waals surface area contributed by atoms with Gasteiger partial charge in [-0.05, 0) is 56.7 Å². The van der Waals surface area contributed by atoms with Gasteiger partial charge in [-0.25, -0.2) is 4.39 Å². The molecule has 1 atom stereocenters. The number of aromatic nitrogens is 3. The third-order valence-corrected chi connectivity index (χ3v) is 6.08. The first kappa shape index (κ1) is 27.3. The van der Waals surface area contributed by atoms with E-state index in [1.807, 2.05) is 20.8 Å². The second-order valence-corrected chi connectivity index (χ2v) is 10.4. The summed E-state index contributed by atoms with van der Waals surface area (Å²) in [5.41, 5.74) is 5.42. The van der Waals surface area contributed by atoms with Crippen molar-refractivity contribution in [1.82, 2.24) is 14.8 Å². The van der Waals surface area contributed by atoms with Gasteiger partial charge in [0.25, 0.3) is 0 Å². The first-order chi connectivity index (χ1) is 17.5. The molecule has 2 aromatic carbocycles. The van der Waals surface area contributed by atoms with Crippen LogP contribution in [0.1, 0.15) is 26.3 Å². The zero-order valence-corrected chi connectivity index (χ0v) is 21.7. The molecule has 1 unspecified atom stereocenters. The Morgan fingerprint density at radius 3 is 2.59 bits per heavy atom. The molecule has 0 saturated heterocycles. The van der Waals surface area contributed by atoms with Crippen molar-refractivity contribution in [2.45, 2.75) is 37.6 Å². The van der Waals surface area contributed by atoms with Crippen LogP contribution in [0.4, 0.5) is 10.1 Å². The largest absolute Gasteiger partial charge is 0.456 e. The Kier molecular flexibility index (Phi) is 8.57. The minimum absolute atomic E-state index is 0.128. The molecule has 9 nitrogen and oxygen atoms in total. The summed E-state index contributed by atoms with van der Waals surface area (Å²) >= 11 is 0. The number of hydrogen-bond donors (Lipinski definition) is 2. The van der Waals surface area contributed by atoms with Crippen molar-refractivity contribution in [3.8, 4) is 17.7 Å². The maximum absolute atomic E-state index is 14.8. The number of nitrogens with two attached hydrogens (primary N) is 1. The number of nitriles is 1. The quantitative estimate of drug-likeness (QED) is 0.282. The van der Waals surface area contributed by atoms with E-state index in [9.17, 15) is 13.4 Å². The highest BCUT2D eigenvalue weighted by Gasteiger charge is 2.16. The predicted octanol–water partition coefficient (Wildman–Crippen LogP) is 4.46. The molecule has 1 amide bonds. The van der Waals surface area contributed by atoms with Crippen LogP contribution in [0.5, 0.6) is 11.5 Å². The van der Waals surface area contributed by atoms with Crippen LogP contribution in [-0.2, 0) is 27.6 Å². The second-order valence-electron chi connectivity index (χ2n) is 9.00. The summed E-state index contributed by atoms with van der Waals surface area (Å²) in [4.78, 5) is 17.4. The van der Waals surface area contributed by atoms with Gasteiger partial charge in [-0.2, -0.15) is 10.4 Å². The van der Waals surface area contributed by atoms with E-state index in [-0.39, 0.29) is 29.2 Å². The molecule has 3 N–H and O–H groups in total. The molecule has 192 valence electrons. The third-order valence-electron chi connectivity index (χ3n) is 5.16. The summed E-state index contributed by atoms with van der Waals surface area (Å²) in [6.07, 6.45) is 7.62. The molecule has 0 aliphatic rings. The summed E-state index contributed by atoms with van der Waals surface area (Å²) in [7, 11) is -1.16.